The van der Waals surface area contributed by atoms with Crippen LogP contribution in [0.5, 0.6) is 5.75 Å². The predicted molar refractivity (Wildman–Crippen MR) is 70.6 cm³/mol. The van der Waals surface area contributed by atoms with Gasteiger partial charge in [0.05, 0.1) is 20.6 Å². The van der Waals surface area contributed by atoms with Gasteiger partial charge in [0.25, 0.3) is 0 Å². The third-order valence-corrected chi connectivity index (χ3v) is 2.87. The van der Waals surface area contributed by atoms with Crippen molar-refractivity contribution < 1.29 is 14.3 Å². The Hall–Kier alpha value is -1.55. The van der Waals surface area contributed by atoms with Crippen molar-refractivity contribution in [3.63, 3.8) is 0 Å². The van der Waals surface area contributed by atoms with E-state index >= 15 is 0 Å². The lowest BCUT2D eigenvalue weighted by Crippen LogP contribution is -2.26. The van der Waals surface area contributed by atoms with Gasteiger partial charge in [0.2, 0.25) is 0 Å². The molecule has 0 unspecified atom stereocenters. The summed E-state index contributed by atoms with van der Waals surface area (Å²) in [6.45, 7) is 4.54. The van der Waals surface area contributed by atoms with Gasteiger partial charge in [-0.2, -0.15) is 0 Å². The molecule has 0 atom stereocenters. The fourth-order valence-corrected chi connectivity index (χ4v) is 1.69. The molecule has 0 aliphatic carbocycles. The Labute approximate surface area is 108 Å². The molecule has 0 saturated heterocycles. The first-order chi connectivity index (χ1) is 8.69. The second-order valence-electron chi connectivity index (χ2n) is 4.04. The normalized spacial score (nSPS) is 10.4. The molecular formula is C14H21NO3. The molecule has 0 spiro atoms. The smallest absolute Gasteiger partial charge is 0.306 e. The number of benzene rings is 1. The van der Waals surface area contributed by atoms with E-state index in [1.54, 1.807) is 7.11 Å². The van der Waals surface area contributed by atoms with Crippen molar-refractivity contribution in [1.29, 1.82) is 0 Å². The molecule has 1 aromatic rings. The lowest BCUT2D eigenvalue weighted by atomic mass is 10.2. The van der Waals surface area contributed by atoms with Gasteiger partial charge in [-0.3, -0.25) is 9.69 Å². The number of esters is 1. The number of methoxy groups -OCH3 is 2. The summed E-state index contributed by atoms with van der Waals surface area (Å²) in [4.78, 5) is 13.3. The van der Waals surface area contributed by atoms with Gasteiger partial charge in [0.1, 0.15) is 5.75 Å². The van der Waals surface area contributed by atoms with Crippen LogP contribution in [0.15, 0.2) is 24.3 Å². The summed E-state index contributed by atoms with van der Waals surface area (Å²) in [5.74, 6) is 0.694. The summed E-state index contributed by atoms with van der Waals surface area (Å²) in [6.07, 6.45) is 0.431. The quantitative estimate of drug-likeness (QED) is 0.695. The molecule has 1 aromatic carbocycles. The van der Waals surface area contributed by atoms with Crippen molar-refractivity contribution >= 4 is 5.97 Å². The van der Waals surface area contributed by atoms with E-state index in [0.717, 1.165) is 25.4 Å². The number of carbonyl (C=O) groups excluding carboxylic acids is 1. The maximum Gasteiger partial charge on any atom is 0.306 e. The first-order valence-corrected chi connectivity index (χ1v) is 6.11. The third-order valence-electron chi connectivity index (χ3n) is 2.87. The Morgan fingerprint density at radius 3 is 2.39 bits per heavy atom. The van der Waals surface area contributed by atoms with Crippen LogP contribution in [0.1, 0.15) is 18.9 Å². The standard InChI is InChI=1S/C14H21NO3/c1-4-15(10-9-14(16)18-3)11-12-5-7-13(17-2)8-6-12/h5-8H,4,9-11H2,1-3H3. The van der Waals surface area contributed by atoms with Crippen molar-refractivity contribution in [2.24, 2.45) is 0 Å². The van der Waals surface area contributed by atoms with Gasteiger partial charge < -0.3 is 9.47 Å². The van der Waals surface area contributed by atoms with Crippen LogP contribution in [0.25, 0.3) is 0 Å². The highest BCUT2D eigenvalue weighted by Gasteiger charge is 2.07. The molecule has 0 aromatic heterocycles. The van der Waals surface area contributed by atoms with E-state index < -0.39 is 0 Å². The van der Waals surface area contributed by atoms with Crippen LogP contribution in [0.3, 0.4) is 0 Å². The zero-order valence-corrected chi connectivity index (χ0v) is 11.3. The number of ether oxygens (including phenoxy) is 2. The molecule has 4 heteroatoms. The highest BCUT2D eigenvalue weighted by atomic mass is 16.5. The zero-order valence-electron chi connectivity index (χ0n) is 11.3. The molecular weight excluding hydrogens is 230 g/mol. The van der Waals surface area contributed by atoms with Gasteiger partial charge in [0.15, 0.2) is 0 Å². The topological polar surface area (TPSA) is 38.8 Å². The average Bonchev–Trinajstić information content (AvgIpc) is 2.43. The van der Waals surface area contributed by atoms with E-state index in [4.69, 9.17) is 4.74 Å². The number of hydrogen-bond acceptors (Lipinski definition) is 4. The fourth-order valence-electron chi connectivity index (χ4n) is 1.69. The monoisotopic (exact) mass is 251 g/mol. The van der Waals surface area contributed by atoms with Crippen LogP contribution in [0.2, 0.25) is 0 Å². The molecule has 0 aliphatic heterocycles. The van der Waals surface area contributed by atoms with Gasteiger partial charge in [-0.25, -0.2) is 0 Å². The van der Waals surface area contributed by atoms with E-state index in [-0.39, 0.29) is 5.97 Å². The molecule has 1 rings (SSSR count). The number of nitrogens with zero attached hydrogens (tertiary/aromatic N) is 1. The summed E-state index contributed by atoms with van der Waals surface area (Å²) < 4.78 is 9.76. The minimum atomic E-state index is -0.164. The molecule has 0 bridgehead atoms. The summed E-state index contributed by atoms with van der Waals surface area (Å²) >= 11 is 0. The number of hydrogen-bond donors (Lipinski definition) is 0. The van der Waals surface area contributed by atoms with Crippen molar-refractivity contribution in [2.75, 3.05) is 27.3 Å². The molecule has 0 aliphatic rings. The molecule has 18 heavy (non-hydrogen) atoms. The van der Waals surface area contributed by atoms with E-state index in [0.29, 0.717) is 6.42 Å². The van der Waals surface area contributed by atoms with Crippen molar-refractivity contribution in [2.45, 2.75) is 19.9 Å². The summed E-state index contributed by atoms with van der Waals surface area (Å²) in [5, 5.41) is 0. The lowest BCUT2D eigenvalue weighted by molar-refractivity contribution is -0.141. The molecule has 0 fully saturated rings. The van der Waals surface area contributed by atoms with Crippen LogP contribution in [0.4, 0.5) is 0 Å². The molecule has 4 nitrogen and oxygen atoms in total. The van der Waals surface area contributed by atoms with Gasteiger partial charge in [-0.05, 0) is 24.2 Å². The van der Waals surface area contributed by atoms with Gasteiger partial charge >= 0.3 is 5.97 Å². The second kappa shape index (κ2) is 7.71. The van der Waals surface area contributed by atoms with E-state index in [1.165, 1.54) is 12.7 Å². The molecule has 0 N–H and O–H groups in total. The number of rotatable bonds is 7. The molecule has 0 radical (unpaired) electrons. The SMILES string of the molecule is CCN(CCC(=O)OC)Cc1ccc(OC)cc1. The number of carbonyl (C=O) groups is 1. The predicted octanol–water partition coefficient (Wildman–Crippen LogP) is 2.08. The van der Waals surface area contributed by atoms with Crippen LogP contribution < -0.4 is 4.74 Å². The Bertz CT molecular complexity index is 362. The average molecular weight is 251 g/mol. The third kappa shape index (κ3) is 4.75. The maximum atomic E-state index is 11.1. The lowest BCUT2D eigenvalue weighted by Gasteiger charge is -2.19. The van der Waals surface area contributed by atoms with Crippen LogP contribution in [-0.4, -0.2) is 38.2 Å². The summed E-state index contributed by atoms with van der Waals surface area (Å²) in [7, 11) is 3.08. The van der Waals surface area contributed by atoms with Crippen molar-refractivity contribution in [3.05, 3.63) is 29.8 Å². The minimum absolute atomic E-state index is 0.164. The summed E-state index contributed by atoms with van der Waals surface area (Å²) in [5.41, 5.74) is 1.21. The maximum absolute atomic E-state index is 11.1. The Balaban J connectivity index is 2.48. The molecule has 0 amide bonds. The van der Waals surface area contributed by atoms with Crippen LogP contribution in [0, 0.1) is 0 Å². The summed E-state index contributed by atoms with van der Waals surface area (Å²) in [6, 6.07) is 7.98. The van der Waals surface area contributed by atoms with E-state index in [9.17, 15) is 4.79 Å². The largest absolute Gasteiger partial charge is 0.497 e. The van der Waals surface area contributed by atoms with E-state index in [1.807, 2.05) is 24.3 Å². The molecule has 0 heterocycles. The zero-order chi connectivity index (χ0) is 13.4. The Kier molecular flexibility index (Phi) is 6.22. The van der Waals surface area contributed by atoms with Crippen LogP contribution in [-0.2, 0) is 16.1 Å². The van der Waals surface area contributed by atoms with Crippen molar-refractivity contribution in [1.82, 2.24) is 4.90 Å². The van der Waals surface area contributed by atoms with E-state index in [2.05, 4.69) is 16.6 Å². The second-order valence-corrected chi connectivity index (χ2v) is 4.04. The van der Waals surface area contributed by atoms with Gasteiger partial charge in [-0.15, -0.1) is 0 Å². The first-order valence-electron chi connectivity index (χ1n) is 6.11. The fraction of sp³-hybridized carbons (Fsp3) is 0.500. The highest BCUT2D eigenvalue weighted by Crippen LogP contribution is 2.13. The van der Waals surface area contributed by atoms with Gasteiger partial charge in [0, 0.05) is 13.1 Å². The van der Waals surface area contributed by atoms with Gasteiger partial charge in [-0.1, -0.05) is 19.1 Å². The highest BCUT2D eigenvalue weighted by molar-refractivity contribution is 5.69. The minimum Gasteiger partial charge on any atom is -0.497 e. The molecule has 100 valence electrons. The van der Waals surface area contributed by atoms with Crippen molar-refractivity contribution in [3.8, 4) is 5.75 Å². The first kappa shape index (κ1) is 14.5. The van der Waals surface area contributed by atoms with Crippen LogP contribution >= 0.6 is 0 Å². The Morgan fingerprint density at radius 1 is 1.22 bits per heavy atom. The Morgan fingerprint density at radius 2 is 1.89 bits per heavy atom. The molecule has 0 saturated carbocycles.